The summed E-state index contributed by atoms with van der Waals surface area (Å²) >= 11 is 0. The molecule has 0 aromatic heterocycles. The van der Waals surface area contributed by atoms with Gasteiger partial charge in [0.2, 0.25) is 5.91 Å². The number of carbonyl (C=O) groups excluding carboxylic acids is 2. The minimum atomic E-state index is -0.465. The second-order valence-corrected chi connectivity index (χ2v) is 3.87. The molecular weight excluding hydrogens is 214 g/mol. The van der Waals surface area contributed by atoms with Crippen LogP contribution in [0.1, 0.15) is 24.2 Å². The second kappa shape index (κ2) is 5.99. The molecule has 90 valence electrons. The molecule has 0 heterocycles. The first-order valence-corrected chi connectivity index (χ1v) is 5.55. The lowest BCUT2D eigenvalue weighted by Crippen LogP contribution is -2.42. The van der Waals surface area contributed by atoms with E-state index < -0.39 is 6.04 Å². The highest BCUT2D eigenvalue weighted by atomic mass is 16.2. The zero-order valence-corrected chi connectivity index (χ0v) is 10.2. The van der Waals surface area contributed by atoms with Crippen molar-refractivity contribution in [1.82, 2.24) is 4.90 Å². The summed E-state index contributed by atoms with van der Waals surface area (Å²) in [5, 5.41) is 0. The molecule has 0 spiro atoms. The number of amides is 1. The lowest BCUT2D eigenvalue weighted by molar-refractivity contribution is -0.129. The quantitative estimate of drug-likeness (QED) is 0.576. The standard InChI is InChI=1S/C14H17NO2/c1-4-10-15(12(3)16)11(2)14(17)13-8-6-5-7-9-13/h4-9,11H,1,10H2,2-3H3. The van der Waals surface area contributed by atoms with Crippen LogP contribution in [0, 0.1) is 0 Å². The SMILES string of the molecule is C=CCN(C(C)=O)C(C)C(=O)c1ccccc1. The molecule has 0 saturated heterocycles. The highest BCUT2D eigenvalue weighted by molar-refractivity contribution is 6.01. The van der Waals surface area contributed by atoms with Crippen molar-refractivity contribution in [3.8, 4) is 0 Å². The van der Waals surface area contributed by atoms with Crippen molar-refractivity contribution < 1.29 is 9.59 Å². The highest BCUT2D eigenvalue weighted by Gasteiger charge is 2.23. The Balaban J connectivity index is 2.88. The molecule has 1 aromatic carbocycles. The number of hydrogen-bond acceptors (Lipinski definition) is 2. The third kappa shape index (κ3) is 3.28. The molecule has 0 saturated carbocycles. The van der Waals surface area contributed by atoms with Crippen LogP contribution < -0.4 is 0 Å². The Morgan fingerprint density at radius 3 is 2.41 bits per heavy atom. The molecule has 0 bridgehead atoms. The molecule has 3 nitrogen and oxygen atoms in total. The van der Waals surface area contributed by atoms with E-state index in [0.29, 0.717) is 12.1 Å². The van der Waals surface area contributed by atoms with Gasteiger partial charge in [-0.3, -0.25) is 9.59 Å². The van der Waals surface area contributed by atoms with Gasteiger partial charge in [-0.25, -0.2) is 0 Å². The Morgan fingerprint density at radius 2 is 1.94 bits per heavy atom. The number of benzene rings is 1. The second-order valence-electron chi connectivity index (χ2n) is 3.87. The Labute approximate surface area is 102 Å². The van der Waals surface area contributed by atoms with E-state index in [1.54, 1.807) is 25.1 Å². The van der Waals surface area contributed by atoms with Crippen molar-refractivity contribution in [2.24, 2.45) is 0 Å². The van der Waals surface area contributed by atoms with Crippen molar-refractivity contribution in [3.63, 3.8) is 0 Å². The number of Topliss-reactive ketones (excluding diaryl/α,β-unsaturated/α-hetero) is 1. The summed E-state index contributed by atoms with van der Waals surface area (Å²) in [6.45, 7) is 7.17. The van der Waals surface area contributed by atoms with Gasteiger partial charge < -0.3 is 4.90 Å². The van der Waals surface area contributed by atoms with Crippen LogP contribution in [0.25, 0.3) is 0 Å². The van der Waals surface area contributed by atoms with Crippen LogP contribution in [-0.2, 0) is 4.79 Å². The molecular formula is C14H17NO2. The number of rotatable bonds is 5. The van der Waals surface area contributed by atoms with Crippen molar-refractivity contribution in [1.29, 1.82) is 0 Å². The first-order chi connectivity index (χ1) is 8.07. The summed E-state index contributed by atoms with van der Waals surface area (Å²) < 4.78 is 0. The van der Waals surface area contributed by atoms with Gasteiger partial charge in [-0.2, -0.15) is 0 Å². The van der Waals surface area contributed by atoms with E-state index in [-0.39, 0.29) is 11.7 Å². The average Bonchev–Trinajstić information content (AvgIpc) is 2.35. The Hall–Kier alpha value is -1.90. The fraction of sp³-hybridized carbons (Fsp3) is 0.286. The summed E-state index contributed by atoms with van der Waals surface area (Å²) in [5.74, 6) is -0.177. The van der Waals surface area contributed by atoms with E-state index in [1.807, 2.05) is 18.2 Å². The predicted molar refractivity (Wildman–Crippen MR) is 67.8 cm³/mol. The van der Waals surface area contributed by atoms with Gasteiger partial charge in [0, 0.05) is 19.0 Å². The third-order valence-electron chi connectivity index (χ3n) is 2.64. The van der Waals surface area contributed by atoms with Crippen molar-refractivity contribution in [2.75, 3.05) is 6.54 Å². The van der Waals surface area contributed by atoms with E-state index >= 15 is 0 Å². The minimum absolute atomic E-state index is 0.0531. The van der Waals surface area contributed by atoms with Gasteiger partial charge in [0.05, 0.1) is 6.04 Å². The summed E-state index contributed by atoms with van der Waals surface area (Å²) in [4.78, 5) is 25.1. The molecule has 1 unspecified atom stereocenters. The fourth-order valence-electron chi connectivity index (χ4n) is 1.68. The van der Waals surface area contributed by atoms with E-state index in [4.69, 9.17) is 0 Å². The molecule has 1 atom stereocenters. The van der Waals surface area contributed by atoms with E-state index in [1.165, 1.54) is 11.8 Å². The van der Waals surface area contributed by atoms with Crippen LogP contribution >= 0.6 is 0 Å². The summed E-state index contributed by atoms with van der Waals surface area (Å²) in [6, 6.07) is 8.52. The summed E-state index contributed by atoms with van der Waals surface area (Å²) in [5.41, 5.74) is 0.621. The highest BCUT2D eigenvalue weighted by Crippen LogP contribution is 2.09. The van der Waals surface area contributed by atoms with Gasteiger partial charge in [0.15, 0.2) is 5.78 Å². The maximum Gasteiger partial charge on any atom is 0.220 e. The molecule has 17 heavy (non-hydrogen) atoms. The zero-order valence-electron chi connectivity index (χ0n) is 10.2. The van der Waals surface area contributed by atoms with Crippen molar-refractivity contribution in [3.05, 3.63) is 48.6 Å². The summed E-state index contributed by atoms with van der Waals surface area (Å²) in [6.07, 6.45) is 1.62. The molecule has 1 aromatic rings. The molecule has 1 rings (SSSR count). The minimum Gasteiger partial charge on any atom is -0.329 e. The number of hydrogen-bond donors (Lipinski definition) is 0. The molecule has 1 amide bonds. The van der Waals surface area contributed by atoms with Crippen LogP contribution in [-0.4, -0.2) is 29.2 Å². The first-order valence-electron chi connectivity index (χ1n) is 5.55. The maximum atomic E-state index is 12.1. The zero-order chi connectivity index (χ0) is 12.8. The number of ketones is 1. The average molecular weight is 231 g/mol. The van der Waals surface area contributed by atoms with Crippen LogP contribution in [0.15, 0.2) is 43.0 Å². The van der Waals surface area contributed by atoms with Gasteiger partial charge in [-0.05, 0) is 6.92 Å². The van der Waals surface area contributed by atoms with Gasteiger partial charge in [-0.1, -0.05) is 36.4 Å². The van der Waals surface area contributed by atoms with Gasteiger partial charge in [-0.15, -0.1) is 6.58 Å². The Morgan fingerprint density at radius 1 is 1.35 bits per heavy atom. The monoisotopic (exact) mass is 231 g/mol. The normalized spacial score (nSPS) is 11.6. The maximum absolute atomic E-state index is 12.1. The predicted octanol–water partition coefficient (Wildman–Crippen LogP) is 2.29. The topological polar surface area (TPSA) is 37.4 Å². The van der Waals surface area contributed by atoms with Gasteiger partial charge >= 0.3 is 0 Å². The molecule has 0 aliphatic carbocycles. The largest absolute Gasteiger partial charge is 0.329 e. The number of nitrogens with zero attached hydrogens (tertiary/aromatic N) is 1. The van der Waals surface area contributed by atoms with Gasteiger partial charge in [0.1, 0.15) is 0 Å². The molecule has 0 fully saturated rings. The summed E-state index contributed by atoms with van der Waals surface area (Å²) in [7, 11) is 0. The Kier molecular flexibility index (Phi) is 4.64. The lowest BCUT2D eigenvalue weighted by atomic mass is 10.0. The number of carbonyl (C=O) groups is 2. The van der Waals surface area contributed by atoms with Crippen LogP contribution in [0.5, 0.6) is 0 Å². The lowest BCUT2D eigenvalue weighted by Gasteiger charge is -2.25. The van der Waals surface area contributed by atoms with Crippen LogP contribution in [0.4, 0.5) is 0 Å². The van der Waals surface area contributed by atoms with Crippen molar-refractivity contribution >= 4 is 11.7 Å². The van der Waals surface area contributed by atoms with E-state index in [9.17, 15) is 9.59 Å². The van der Waals surface area contributed by atoms with Crippen LogP contribution in [0.2, 0.25) is 0 Å². The molecule has 3 heteroatoms. The smallest absolute Gasteiger partial charge is 0.220 e. The molecule has 0 radical (unpaired) electrons. The third-order valence-corrected chi connectivity index (χ3v) is 2.64. The Bertz CT molecular complexity index is 411. The van der Waals surface area contributed by atoms with Gasteiger partial charge in [0.25, 0.3) is 0 Å². The van der Waals surface area contributed by atoms with Crippen LogP contribution in [0.3, 0.4) is 0 Å². The van der Waals surface area contributed by atoms with E-state index in [2.05, 4.69) is 6.58 Å². The molecule has 0 aliphatic rings. The first kappa shape index (κ1) is 13.2. The van der Waals surface area contributed by atoms with E-state index in [0.717, 1.165) is 0 Å². The molecule has 0 aliphatic heterocycles. The fourth-order valence-corrected chi connectivity index (χ4v) is 1.68. The van der Waals surface area contributed by atoms with Crippen molar-refractivity contribution in [2.45, 2.75) is 19.9 Å². The molecule has 0 N–H and O–H groups in total.